The molecule has 0 radical (unpaired) electrons. The van der Waals surface area contributed by atoms with E-state index in [9.17, 15) is 15.0 Å². The number of carbonyl (C=O) groups is 1. The van der Waals surface area contributed by atoms with Crippen molar-refractivity contribution in [2.75, 3.05) is 6.61 Å². The Morgan fingerprint density at radius 3 is 2.71 bits per heavy atom. The van der Waals surface area contributed by atoms with E-state index < -0.39 is 37.1 Å². The van der Waals surface area contributed by atoms with Crippen molar-refractivity contribution in [3.05, 3.63) is 11.9 Å². The third-order valence-electron chi connectivity index (χ3n) is 2.54. The molecule has 1 aromatic rings. The molecule has 0 spiro atoms. The highest BCUT2D eigenvalue weighted by Gasteiger charge is 2.44. The van der Waals surface area contributed by atoms with E-state index in [2.05, 4.69) is 10.3 Å². The van der Waals surface area contributed by atoms with Crippen LogP contribution < -0.4 is 5.73 Å². The van der Waals surface area contributed by atoms with Crippen LogP contribution in [0.1, 0.15) is 16.7 Å². The maximum absolute atomic E-state index is 10.8. The lowest BCUT2D eigenvalue weighted by molar-refractivity contribution is -0.0594. The van der Waals surface area contributed by atoms with Gasteiger partial charge in [-0.1, -0.05) is 5.21 Å². The molecule has 2 heterocycles. The van der Waals surface area contributed by atoms with Crippen LogP contribution in [-0.4, -0.2) is 61.1 Å². The first-order valence-corrected chi connectivity index (χ1v) is 4.88. The minimum Gasteiger partial charge on any atom is -0.394 e. The fourth-order valence-corrected chi connectivity index (χ4v) is 1.61. The first-order valence-electron chi connectivity index (χ1n) is 4.88. The highest BCUT2D eigenvalue weighted by Crippen LogP contribution is 2.28. The van der Waals surface area contributed by atoms with Crippen LogP contribution >= 0.6 is 0 Å². The van der Waals surface area contributed by atoms with E-state index in [4.69, 9.17) is 15.6 Å². The maximum Gasteiger partial charge on any atom is 0.270 e. The molecule has 0 saturated carbocycles. The summed E-state index contributed by atoms with van der Waals surface area (Å²) in [5.74, 6) is -0.761. The number of carbonyl (C=O) groups excluding carboxylic acids is 1. The molecule has 1 aliphatic heterocycles. The largest absolute Gasteiger partial charge is 0.394 e. The molecule has 4 atom stereocenters. The minimum atomic E-state index is -1.27. The molecule has 5 N–H and O–H groups in total. The summed E-state index contributed by atoms with van der Waals surface area (Å²) in [6, 6.07) is 0. The summed E-state index contributed by atoms with van der Waals surface area (Å²) in [5, 5.41) is 35.1. The van der Waals surface area contributed by atoms with Crippen LogP contribution in [0.3, 0.4) is 0 Å². The number of nitrogens with zero attached hydrogens (tertiary/aromatic N) is 3. The molecule has 94 valence electrons. The Bertz CT molecular complexity index is 422. The molecule has 0 aromatic carbocycles. The van der Waals surface area contributed by atoms with E-state index in [0.29, 0.717) is 0 Å². The van der Waals surface area contributed by atoms with Crippen LogP contribution in [0, 0.1) is 0 Å². The molecule has 0 bridgehead atoms. The van der Waals surface area contributed by atoms with Gasteiger partial charge in [0, 0.05) is 0 Å². The number of ether oxygens (including phenoxy) is 1. The zero-order valence-corrected chi connectivity index (χ0v) is 8.67. The van der Waals surface area contributed by atoms with Crippen molar-refractivity contribution in [2.45, 2.75) is 24.5 Å². The minimum absolute atomic E-state index is 0.0808. The van der Waals surface area contributed by atoms with E-state index in [1.807, 2.05) is 0 Å². The van der Waals surface area contributed by atoms with Crippen LogP contribution in [0.4, 0.5) is 0 Å². The van der Waals surface area contributed by atoms with Gasteiger partial charge in [0.25, 0.3) is 5.91 Å². The number of amides is 1. The zero-order valence-electron chi connectivity index (χ0n) is 8.67. The lowest BCUT2D eigenvalue weighted by Gasteiger charge is -2.13. The van der Waals surface area contributed by atoms with Gasteiger partial charge < -0.3 is 25.8 Å². The standard InChI is InChI=1S/C8H12N4O5/c9-7(16)3-1-12(11-10-3)8-6(15)5(14)4(2-13)17-8/h1,4-6,8,13-15H,2H2,(H2,9,16)/t4-,5-,6+,8-/m1/s1. The summed E-state index contributed by atoms with van der Waals surface area (Å²) in [5.41, 5.74) is 4.91. The molecule has 17 heavy (non-hydrogen) atoms. The fraction of sp³-hybridized carbons (Fsp3) is 0.625. The lowest BCUT2D eigenvalue weighted by Crippen LogP contribution is -2.33. The van der Waals surface area contributed by atoms with Crippen LogP contribution in [0.15, 0.2) is 6.20 Å². The van der Waals surface area contributed by atoms with Crippen molar-refractivity contribution in [3.8, 4) is 0 Å². The van der Waals surface area contributed by atoms with Crippen LogP contribution in [0.5, 0.6) is 0 Å². The van der Waals surface area contributed by atoms with Gasteiger partial charge in [-0.15, -0.1) is 5.10 Å². The quantitative estimate of drug-likeness (QED) is 0.443. The number of primary amides is 1. The van der Waals surface area contributed by atoms with Gasteiger partial charge in [-0.3, -0.25) is 4.79 Å². The SMILES string of the molecule is NC(=O)c1cn([C@@H]2O[C@H](CO)[C@@H](O)[C@@H]2O)nn1. The van der Waals surface area contributed by atoms with E-state index in [1.54, 1.807) is 0 Å². The van der Waals surface area contributed by atoms with Crippen molar-refractivity contribution >= 4 is 5.91 Å². The average Bonchev–Trinajstić information content (AvgIpc) is 2.87. The third kappa shape index (κ3) is 2.00. The second-order valence-corrected chi connectivity index (χ2v) is 3.68. The highest BCUT2D eigenvalue weighted by atomic mass is 16.6. The van der Waals surface area contributed by atoms with Crippen molar-refractivity contribution in [3.63, 3.8) is 0 Å². The van der Waals surface area contributed by atoms with E-state index in [0.717, 1.165) is 4.68 Å². The predicted molar refractivity (Wildman–Crippen MR) is 51.5 cm³/mol. The van der Waals surface area contributed by atoms with Crippen molar-refractivity contribution in [2.24, 2.45) is 5.73 Å². The lowest BCUT2D eigenvalue weighted by atomic mass is 10.1. The molecule has 1 aromatic heterocycles. The Kier molecular flexibility index (Phi) is 3.07. The smallest absolute Gasteiger partial charge is 0.270 e. The monoisotopic (exact) mass is 244 g/mol. The molecule has 0 unspecified atom stereocenters. The summed E-state index contributed by atoms with van der Waals surface area (Å²) >= 11 is 0. The fourth-order valence-electron chi connectivity index (χ4n) is 1.61. The maximum atomic E-state index is 10.8. The summed E-state index contributed by atoms with van der Waals surface area (Å²) < 4.78 is 6.25. The Balaban J connectivity index is 2.19. The van der Waals surface area contributed by atoms with Crippen molar-refractivity contribution < 1.29 is 24.9 Å². The molecule has 1 saturated heterocycles. The zero-order chi connectivity index (χ0) is 12.6. The number of hydrogen-bond acceptors (Lipinski definition) is 7. The molecule has 1 amide bonds. The normalized spacial score (nSPS) is 32.9. The van der Waals surface area contributed by atoms with E-state index >= 15 is 0 Å². The summed E-state index contributed by atoms with van der Waals surface area (Å²) in [7, 11) is 0. The van der Waals surface area contributed by atoms with Crippen LogP contribution in [0.2, 0.25) is 0 Å². The van der Waals surface area contributed by atoms with Gasteiger partial charge in [0.2, 0.25) is 0 Å². The summed E-state index contributed by atoms with van der Waals surface area (Å²) in [6.07, 6.45) is -3.22. The number of hydrogen-bond donors (Lipinski definition) is 4. The molecule has 2 rings (SSSR count). The Labute approximate surface area is 95.4 Å². The first-order chi connectivity index (χ1) is 8.04. The summed E-state index contributed by atoms with van der Waals surface area (Å²) in [6.45, 7) is -0.438. The number of rotatable bonds is 3. The molecule has 9 heteroatoms. The first kappa shape index (κ1) is 11.9. The van der Waals surface area contributed by atoms with E-state index in [-0.39, 0.29) is 5.69 Å². The van der Waals surface area contributed by atoms with Crippen molar-refractivity contribution in [1.82, 2.24) is 15.0 Å². The van der Waals surface area contributed by atoms with Crippen molar-refractivity contribution in [1.29, 1.82) is 0 Å². The number of aliphatic hydroxyl groups excluding tert-OH is 3. The molecular weight excluding hydrogens is 232 g/mol. The topological polar surface area (TPSA) is 144 Å². The Morgan fingerprint density at radius 1 is 1.53 bits per heavy atom. The molecule has 1 aliphatic rings. The van der Waals surface area contributed by atoms with E-state index in [1.165, 1.54) is 6.20 Å². The van der Waals surface area contributed by atoms with Crippen LogP contribution in [-0.2, 0) is 4.74 Å². The van der Waals surface area contributed by atoms with Gasteiger partial charge in [-0.05, 0) is 0 Å². The number of aliphatic hydroxyl groups is 3. The second kappa shape index (κ2) is 4.37. The molecular formula is C8H12N4O5. The van der Waals surface area contributed by atoms with Gasteiger partial charge >= 0.3 is 0 Å². The van der Waals surface area contributed by atoms with Gasteiger partial charge in [0.1, 0.15) is 18.3 Å². The Hall–Kier alpha value is -1.55. The van der Waals surface area contributed by atoms with Gasteiger partial charge in [-0.2, -0.15) is 0 Å². The predicted octanol–water partition coefficient (Wildman–Crippen LogP) is -3.01. The number of aromatic nitrogens is 3. The number of nitrogens with two attached hydrogens (primary N) is 1. The molecule has 9 nitrogen and oxygen atoms in total. The molecule has 0 aliphatic carbocycles. The van der Waals surface area contributed by atoms with Gasteiger partial charge in [0.05, 0.1) is 12.8 Å². The highest BCUT2D eigenvalue weighted by molar-refractivity contribution is 5.90. The summed E-state index contributed by atoms with van der Waals surface area (Å²) in [4.78, 5) is 10.8. The molecule has 1 fully saturated rings. The second-order valence-electron chi connectivity index (χ2n) is 3.68. The van der Waals surface area contributed by atoms with Crippen LogP contribution in [0.25, 0.3) is 0 Å². The Morgan fingerprint density at radius 2 is 2.24 bits per heavy atom. The van der Waals surface area contributed by atoms with Gasteiger partial charge in [-0.25, -0.2) is 4.68 Å². The average molecular weight is 244 g/mol. The third-order valence-corrected chi connectivity index (χ3v) is 2.54. The van der Waals surface area contributed by atoms with Gasteiger partial charge in [0.15, 0.2) is 11.9 Å².